The maximum Gasteiger partial charge on any atom is 0.422 e. The van der Waals surface area contributed by atoms with Gasteiger partial charge in [0.2, 0.25) is 17.3 Å². The van der Waals surface area contributed by atoms with Crippen LogP contribution in [0.25, 0.3) is 0 Å². The van der Waals surface area contributed by atoms with Crippen LogP contribution in [0.4, 0.5) is 43.7 Å². The second-order valence-electron chi connectivity index (χ2n) is 7.64. The van der Waals surface area contributed by atoms with Gasteiger partial charge in [-0.15, -0.1) is 0 Å². The van der Waals surface area contributed by atoms with Crippen molar-refractivity contribution in [1.82, 2.24) is 15.5 Å². The third-order valence-electron chi connectivity index (χ3n) is 5.22. The molecule has 1 aromatic rings. The molecule has 3 aliphatic rings. The molecule has 176 valence electrons. The molecule has 1 saturated heterocycles. The summed E-state index contributed by atoms with van der Waals surface area (Å²) in [6, 6.07) is -0.552. The molecule has 32 heavy (non-hydrogen) atoms. The van der Waals surface area contributed by atoms with Crippen LogP contribution in [0, 0.1) is 0 Å². The summed E-state index contributed by atoms with van der Waals surface area (Å²) in [5.74, 6) is 0.337. The Morgan fingerprint density at radius 1 is 1.12 bits per heavy atom. The van der Waals surface area contributed by atoms with Gasteiger partial charge in [-0.2, -0.15) is 36.3 Å². The second kappa shape index (κ2) is 8.41. The van der Waals surface area contributed by atoms with Crippen molar-refractivity contribution in [2.75, 3.05) is 36.1 Å². The zero-order valence-corrected chi connectivity index (χ0v) is 16.7. The van der Waals surface area contributed by atoms with E-state index in [1.165, 1.54) is 16.5 Å². The number of halogens is 6. The number of fused-ring (bicyclic) bond motifs is 1. The average molecular weight is 467 g/mol. The molecule has 1 aromatic heterocycles. The minimum Gasteiger partial charge on any atom is -0.454 e. The summed E-state index contributed by atoms with van der Waals surface area (Å²) in [5, 5.41) is 11.2. The summed E-state index contributed by atoms with van der Waals surface area (Å²) in [7, 11) is 0. The molecule has 4 rings (SSSR count). The number of nitrogens with one attached hydrogen (secondary N) is 1. The molecule has 1 unspecified atom stereocenters. The molecule has 0 radical (unpaired) electrons. The Kier molecular flexibility index (Phi) is 5.94. The van der Waals surface area contributed by atoms with E-state index in [-0.39, 0.29) is 36.7 Å². The highest BCUT2D eigenvalue weighted by Gasteiger charge is 2.40. The number of nitrogens with zero attached hydrogens (tertiary/aromatic N) is 4. The van der Waals surface area contributed by atoms with Crippen LogP contribution in [-0.2, 0) is 0 Å². The highest BCUT2D eigenvalue weighted by molar-refractivity contribution is 5.73. The smallest absolute Gasteiger partial charge is 0.422 e. The van der Waals surface area contributed by atoms with E-state index in [0.717, 1.165) is 6.08 Å². The van der Waals surface area contributed by atoms with Gasteiger partial charge in [0.05, 0.1) is 18.2 Å². The Labute approximate surface area is 178 Å². The van der Waals surface area contributed by atoms with Gasteiger partial charge in [0.1, 0.15) is 0 Å². The van der Waals surface area contributed by atoms with Gasteiger partial charge in [-0.1, -0.05) is 17.7 Å². The van der Waals surface area contributed by atoms with Gasteiger partial charge in [0.25, 0.3) is 0 Å². The summed E-state index contributed by atoms with van der Waals surface area (Å²) < 4.78 is 82.8. The molecule has 1 atom stereocenters. The summed E-state index contributed by atoms with van der Waals surface area (Å²) in [5.41, 5.74) is 3.98. The zero-order valence-electron chi connectivity index (χ0n) is 16.7. The number of anilines is 2. The first-order chi connectivity index (χ1) is 15.0. The first kappa shape index (κ1) is 22.6. The molecular formula is C18H21F6N6O2+. The van der Waals surface area contributed by atoms with E-state index in [4.69, 9.17) is 4.74 Å². The minimum absolute atomic E-state index is 0.0343. The van der Waals surface area contributed by atoms with Crippen molar-refractivity contribution >= 4 is 17.3 Å². The number of alkyl halides is 6. The van der Waals surface area contributed by atoms with Crippen molar-refractivity contribution in [2.24, 2.45) is 0 Å². The van der Waals surface area contributed by atoms with Crippen molar-refractivity contribution in [3.05, 3.63) is 23.3 Å². The monoisotopic (exact) mass is 467 g/mol. The van der Waals surface area contributed by atoms with Crippen LogP contribution in [0.3, 0.4) is 0 Å². The summed E-state index contributed by atoms with van der Waals surface area (Å²) in [4.78, 5) is 9.78. The first-order valence-electron chi connectivity index (χ1n) is 9.89. The Hall–Kier alpha value is -2.58. The van der Waals surface area contributed by atoms with Crippen molar-refractivity contribution in [3.8, 4) is 6.01 Å². The number of nitrogens with two attached hydrogens (primary N) is 1. The fourth-order valence-electron chi connectivity index (χ4n) is 3.82. The number of aromatic nitrogens is 2. The molecule has 2 aliphatic heterocycles. The van der Waals surface area contributed by atoms with E-state index in [1.807, 2.05) is 0 Å². The van der Waals surface area contributed by atoms with Crippen LogP contribution in [0.1, 0.15) is 19.3 Å². The quantitative estimate of drug-likeness (QED) is 0.448. The van der Waals surface area contributed by atoms with Crippen LogP contribution < -0.4 is 25.6 Å². The number of quaternary nitrogens is 1. The van der Waals surface area contributed by atoms with Crippen molar-refractivity contribution in [2.45, 2.75) is 37.7 Å². The molecule has 8 nitrogen and oxygen atoms in total. The lowest BCUT2D eigenvalue weighted by Gasteiger charge is -2.23. The van der Waals surface area contributed by atoms with Gasteiger partial charge in [-0.25, -0.2) is 10.4 Å². The average Bonchev–Trinajstić information content (AvgIpc) is 3.31. The predicted molar refractivity (Wildman–Crippen MR) is 99.9 cm³/mol. The van der Waals surface area contributed by atoms with Gasteiger partial charge in [-0.05, 0) is 24.8 Å². The van der Waals surface area contributed by atoms with E-state index in [9.17, 15) is 31.4 Å². The Balaban J connectivity index is 1.64. The van der Waals surface area contributed by atoms with E-state index in [0.29, 0.717) is 25.1 Å². The third kappa shape index (κ3) is 4.91. The van der Waals surface area contributed by atoms with E-state index >= 15 is 0 Å². The fourth-order valence-corrected chi connectivity index (χ4v) is 3.82. The number of hydrogen-bond donors (Lipinski definition) is 3. The lowest BCUT2D eigenvalue weighted by Crippen LogP contribution is -2.88. The molecule has 4 N–H and O–H groups in total. The SMILES string of the molecule is OC1CCN(c2nc(OCC(F)(F)F)nc3c2[NH2+]NN3CC2=CCCC=C2C(F)(F)F)C1. The largest absolute Gasteiger partial charge is 0.454 e. The van der Waals surface area contributed by atoms with Crippen LogP contribution >= 0.6 is 0 Å². The number of hydrogen-bond acceptors (Lipinski definition) is 7. The highest BCUT2D eigenvalue weighted by atomic mass is 19.4. The molecule has 0 aromatic carbocycles. The molecule has 1 aliphatic carbocycles. The van der Waals surface area contributed by atoms with Gasteiger partial charge >= 0.3 is 18.4 Å². The van der Waals surface area contributed by atoms with E-state index in [2.05, 4.69) is 15.5 Å². The number of allylic oxidation sites excluding steroid dienone is 2. The zero-order chi connectivity index (χ0) is 23.1. The van der Waals surface area contributed by atoms with E-state index < -0.39 is 36.6 Å². The lowest BCUT2D eigenvalue weighted by atomic mass is 9.97. The van der Waals surface area contributed by atoms with Crippen molar-refractivity contribution in [3.63, 3.8) is 0 Å². The summed E-state index contributed by atoms with van der Waals surface area (Å²) >= 11 is 0. The first-order valence-corrected chi connectivity index (χ1v) is 9.89. The maximum absolute atomic E-state index is 13.4. The van der Waals surface area contributed by atoms with Gasteiger partial charge in [0, 0.05) is 13.1 Å². The van der Waals surface area contributed by atoms with E-state index in [1.54, 1.807) is 4.90 Å². The minimum atomic E-state index is -4.62. The molecule has 3 heterocycles. The molecule has 0 amide bonds. The Bertz CT molecular complexity index is 932. The molecule has 0 spiro atoms. The van der Waals surface area contributed by atoms with Gasteiger partial charge in [-0.3, -0.25) is 0 Å². The number of ether oxygens (including phenoxy) is 1. The molecule has 0 bridgehead atoms. The van der Waals surface area contributed by atoms with Gasteiger partial charge < -0.3 is 14.7 Å². The molecule has 0 saturated carbocycles. The molecular weight excluding hydrogens is 446 g/mol. The number of aliphatic hydroxyl groups excluding tert-OH is 1. The Morgan fingerprint density at radius 2 is 1.84 bits per heavy atom. The topological polar surface area (TPSA) is 90.4 Å². The van der Waals surface area contributed by atoms with Crippen molar-refractivity contribution in [1.29, 1.82) is 0 Å². The lowest BCUT2D eigenvalue weighted by molar-refractivity contribution is -0.625. The highest BCUT2D eigenvalue weighted by Crippen LogP contribution is 2.38. The van der Waals surface area contributed by atoms with Crippen LogP contribution in [0.2, 0.25) is 0 Å². The van der Waals surface area contributed by atoms with Crippen LogP contribution in [0.5, 0.6) is 6.01 Å². The number of aliphatic hydroxyl groups is 1. The maximum atomic E-state index is 13.4. The summed E-state index contributed by atoms with van der Waals surface area (Å²) in [6.07, 6.45) is -5.99. The third-order valence-corrected chi connectivity index (χ3v) is 5.22. The molecule has 1 fully saturated rings. The standard InChI is InChI=1S/C18H20F6N6O2/c19-17(20,21)9-32-16-25-14(29-6-5-11(31)8-29)13-15(26-16)30(28-27-13)7-10-3-1-2-4-12(10)18(22,23)24/h3-4,11,27-28,31H,1-2,5-9H2/p+1. The number of hydrazine groups is 1. The predicted octanol–water partition coefficient (Wildman–Crippen LogP) is 1.63. The Morgan fingerprint density at radius 3 is 2.50 bits per heavy atom. The second-order valence-corrected chi connectivity index (χ2v) is 7.64. The van der Waals surface area contributed by atoms with Crippen molar-refractivity contribution < 1.29 is 41.6 Å². The number of rotatable bonds is 5. The fraction of sp³-hybridized carbons (Fsp3) is 0.556. The molecule has 14 heteroatoms. The number of β-amino-alcohol motifs (C(OH)–C–C–N with tert-alkyl or cyclic N) is 1. The van der Waals surface area contributed by atoms with Gasteiger partial charge in [0.15, 0.2) is 6.61 Å². The normalized spacial score (nSPS) is 21.5. The van der Waals surface area contributed by atoms with Crippen LogP contribution in [-0.4, -0.2) is 59.8 Å². The summed E-state index contributed by atoms with van der Waals surface area (Å²) in [6.45, 7) is -1.21. The van der Waals surface area contributed by atoms with Crippen LogP contribution in [0.15, 0.2) is 23.3 Å².